The molecule has 0 aliphatic heterocycles. The summed E-state index contributed by atoms with van der Waals surface area (Å²) in [5.41, 5.74) is -0.0559. The zero-order chi connectivity index (χ0) is 16.5. The predicted octanol–water partition coefficient (Wildman–Crippen LogP) is 3.66. The lowest BCUT2D eigenvalue weighted by Gasteiger charge is -2.10. The van der Waals surface area contributed by atoms with E-state index in [9.17, 15) is 12.8 Å². The summed E-state index contributed by atoms with van der Waals surface area (Å²) in [5.74, 6) is -0.735. The molecule has 2 rings (SSSR count). The monoisotopic (exact) mass is 346 g/mol. The normalized spacial score (nSPS) is 13.5. The molecule has 0 radical (unpaired) electrons. The number of halogens is 2. The van der Waals surface area contributed by atoms with Gasteiger partial charge >= 0.3 is 0 Å². The van der Waals surface area contributed by atoms with Crippen molar-refractivity contribution in [2.24, 2.45) is 0 Å². The SMILES string of the molecule is CC(C)c1noc(C(C)S(=O)(=O)Cc2c(F)cccc2Cl)n1. The predicted molar refractivity (Wildman–Crippen MR) is 80.8 cm³/mol. The minimum absolute atomic E-state index is 0.00355. The van der Waals surface area contributed by atoms with E-state index in [0.717, 1.165) is 0 Å². The first-order chi connectivity index (χ1) is 10.2. The Hall–Kier alpha value is -1.47. The molecule has 1 aromatic heterocycles. The Morgan fingerprint density at radius 2 is 2.00 bits per heavy atom. The van der Waals surface area contributed by atoms with Crippen LogP contribution in [0.25, 0.3) is 0 Å². The van der Waals surface area contributed by atoms with Crippen LogP contribution >= 0.6 is 11.6 Å². The lowest BCUT2D eigenvalue weighted by Crippen LogP contribution is -2.14. The van der Waals surface area contributed by atoms with Gasteiger partial charge in [0.15, 0.2) is 15.7 Å². The molecular weight excluding hydrogens is 331 g/mol. The second kappa shape index (κ2) is 6.34. The zero-order valence-corrected chi connectivity index (χ0v) is 13.9. The molecule has 0 amide bonds. The number of sulfone groups is 1. The summed E-state index contributed by atoms with van der Waals surface area (Å²) in [7, 11) is -3.74. The highest BCUT2D eigenvalue weighted by Crippen LogP contribution is 2.28. The van der Waals surface area contributed by atoms with Gasteiger partial charge < -0.3 is 4.52 Å². The van der Waals surface area contributed by atoms with Crippen molar-refractivity contribution in [2.45, 2.75) is 37.7 Å². The molecule has 120 valence electrons. The van der Waals surface area contributed by atoms with E-state index in [1.807, 2.05) is 13.8 Å². The number of aromatic nitrogens is 2. The van der Waals surface area contributed by atoms with Crippen LogP contribution in [-0.2, 0) is 15.6 Å². The van der Waals surface area contributed by atoms with Gasteiger partial charge in [-0.2, -0.15) is 4.98 Å². The highest BCUT2D eigenvalue weighted by Gasteiger charge is 2.30. The molecule has 1 heterocycles. The Morgan fingerprint density at radius 1 is 1.32 bits per heavy atom. The maximum atomic E-state index is 13.8. The van der Waals surface area contributed by atoms with Crippen molar-refractivity contribution in [3.63, 3.8) is 0 Å². The molecule has 5 nitrogen and oxygen atoms in total. The molecule has 0 spiro atoms. The molecule has 1 unspecified atom stereocenters. The second-order valence-electron chi connectivity index (χ2n) is 5.30. The molecule has 0 aliphatic rings. The van der Waals surface area contributed by atoms with Crippen LogP contribution in [0.2, 0.25) is 5.02 Å². The highest BCUT2D eigenvalue weighted by atomic mass is 35.5. The topological polar surface area (TPSA) is 73.1 Å². The Labute approximate surface area is 133 Å². The average Bonchev–Trinajstić information content (AvgIpc) is 2.92. The van der Waals surface area contributed by atoms with Gasteiger partial charge in [-0.1, -0.05) is 36.7 Å². The van der Waals surface area contributed by atoms with E-state index < -0.39 is 26.7 Å². The van der Waals surface area contributed by atoms with Crippen LogP contribution in [0.5, 0.6) is 0 Å². The fraction of sp³-hybridized carbons (Fsp3) is 0.429. The van der Waals surface area contributed by atoms with E-state index in [-0.39, 0.29) is 22.4 Å². The van der Waals surface area contributed by atoms with Crippen LogP contribution in [0.1, 0.15) is 49.2 Å². The fourth-order valence-electron chi connectivity index (χ4n) is 1.80. The van der Waals surface area contributed by atoms with Crippen molar-refractivity contribution >= 4 is 21.4 Å². The molecule has 0 saturated carbocycles. The first-order valence-electron chi connectivity index (χ1n) is 6.70. The number of nitrogens with zero attached hydrogens (tertiary/aromatic N) is 2. The average molecular weight is 347 g/mol. The summed E-state index contributed by atoms with van der Waals surface area (Å²) in [6.45, 7) is 5.17. The Kier molecular flexibility index (Phi) is 4.87. The standard InChI is InChI=1S/C14H16ClFN2O3S/c1-8(2)13-17-14(21-18-13)9(3)22(19,20)7-10-11(15)5-4-6-12(10)16/h4-6,8-9H,7H2,1-3H3. The van der Waals surface area contributed by atoms with Crippen molar-refractivity contribution in [3.05, 3.63) is 46.3 Å². The van der Waals surface area contributed by atoms with Crippen molar-refractivity contribution in [1.29, 1.82) is 0 Å². The van der Waals surface area contributed by atoms with Gasteiger partial charge in [-0.15, -0.1) is 0 Å². The van der Waals surface area contributed by atoms with Gasteiger partial charge in [0.05, 0.1) is 5.75 Å². The maximum Gasteiger partial charge on any atom is 0.244 e. The largest absolute Gasteiger partial charge is 0.338 e. The van der Waals surface area contributed by atoms with Crippen molar-refractivity contribution < 1.29 is 17.3 Å². The number of benzene rings is 1. The molecule has 0 fully saturated rings. The summed E-state index contributed by atoms with van der Waals surface area (Å²) in [4.78, 5) is 4.08. The van der Waals surface area contributed by atoms with Crippen LogP contribution < -0.4 is 0 Å². The third-order valence-corrected chi connectivity index (χ3v) is 5.59. The minimum Gasteiger partial charge on any atom is -0.338 e. The molecular formula is C14H16ClFN2O3S. The molecule has 1 aromatic carbocycles. The van der Waals surface area contributed by atoms with Crippen molar-refractivity contribution in [2.75, 3.05) is 0 Å². The van der Waals surface area contributed by atoms with Crippen LogP contribution in [0.15, 0.2) is 22.7 Å². The number of hydrogen-bond donors (Lipinski definition) is 0. The van der Waals surface area contributed by atoms with E-state index in [2.05, 4.69) is 10.1 Å². The quantitative estimate of drug-likeness (QED) is 0.826. The Bertz CT molecular complexity index is 754. The number of hydrogen-bond acceptors (Lipinski definition) is 5. The molecule has 0 aliphatic carbocycles. The lowest BCUT2D eigenvalue weighted by atomic mass is 10.2. The van der Waals surface area contributed by atoms with Gasteiger partial charge in [0.1, 0.15) is 11.1 Å². The molecule has 0 saturated heterocycles. The lowest BCUT2D eigenvalue weighted by molar-refractivity contribution is 0.369. The van der Waals surface area contributed by atoms with Crippen LogP contribution in [0, 0.1) is 5.82 Å². The van der Waals surface area contributed by atoms with E-state index in [1.165, 1.54) is 25.1 Å². The van der Waals surface area contributed by atoms with E-state index in [1.54, 1.807) is 0 Å². The van der Waals surface area contributed by atoms with Crippen LogP contribution in [-0.4, -0.2) is 18.6 Å². The van der Waals surface area contributed by atoms with Gasteiger partial charge in [0.25, 0.3) is 0 Å². The summed E-state index contributed by atoms with van der Waals surface area (Å²) in [5, 5.41) is 2.78. The minimum atomic E-state index is -3.74. The molecule has 2 aromatic rings. The number of rotatable bonds is 5. The first kappa shape index (κ1) is 16.9. The highest BCUT2D eigenvalue weighted by molar-refractivity contribution is 7.90. The fourth-order valence-corrected chi connectivity index (χ4v) is 3.45. The summed E-state index contributed by atoms with van der Waals surface area (Å²) in [6.07, 6.45) is 0. The summed E-state index contributed by atoms with van der Waals surface area (Å²) >= 11 is 5.88. The van der Waals surface area contributed by atoms with Gasteiger partial charge in [-0.3, -0.25) is 0 Å². The van der Waals surface area contributed by atoms with Gasteiger partial charge in [-0.25, -0.2) is 12.8 Å². The molecule has 22 heavy (non-hydrogen) atoms. The van der Waals surface area contributed by atoms with Gasteiger partial charge in [0, 0.05) is 16.5 Å². The zero-order valence-electron chi connectivity index (χ0n) is 12.4. The van der Waals surface area contributed by atoms with Gasteiger partial charge in [0.2, 0.25) is 5.89 Å². The maximum absolute atomic E-state index is 13.8. The van der Waals surface area contributed by atoms with Crippen molar-refractivity contribution in [1.82, 2.24) is 10.1 Å². The van der Waals surface area contributed by atoms with E-state index in [4.69, 9.17) is 16.1 Å². The smallest absolute Gasteiger partial charge is 0.244 e. The van der Waals surface area contributed by atoms with E-state index >= 15 is 0 Å². The third kappa shape index (κ3) is 3.47. The third-order valence-electron chi connectivity index (χ3n) is 3.27. The Morgan fingerprint density at radius 3 is 2.55 bits per heavy atom. The molecule has 0 N–H and O–H groups in total. The van der Waals surface area contributed by atoms with Crippen LogP contribution in [0.4, 0.5) is 4.39 Å². The Balaban J connectivity index is 2.29. The first-order valence-corrected chi connectivity index (χ1v) is 8.79. The molecule has 1 atom stereocenters. The second-order valence-corrected chi connectivity index (χ2v) is 8.02. The summed E-state index contributed by atoms with van der Waals surface area (Å²) < 4.78 is 43.6. The molecule has 8 heteroatoms. The molecule has 0 bridgehead atoms. The van der Waals surface area contributed by atoms with Gasteiger partial charge in [-0.05, 0) is 19.1 Å². The van der Waals surface area contributed by atoms with Crippen LogP contribution in [0.3, 0.4) is 0 Å². The summed E-state index contributed by atoms with van der Waals surface area (Å²) in [6, 6.07) is 4.04. The van der Waals surface area contributed by atoms with Crippen molar-refractivity contribution in [3.8, 4) is 0 Å². The van der Waals surface area contributed by atoms with E-state index in [0.29, 0.717) is 5.82 Å².